The molecule has 0 aliphatic heterocycles. The SMILES string of the molecule is COc1ccc(CN(C(=O)COc2ccccc2)[C@@H](C)C(=O)NCc2cccnc2)cc1. The summed E-state index contributed by atoms with van der Waals surface area (Å²) in [7, 11) is 1.60. The van der Waals surface area contributed by atoms with Crippen LogP contribution in [0.1, 0.15) is 18.1 Å². The molecule has 0 saturated heterocycles. The van der Waals surface area contributed by atoms with Crippen LogP contribution in [0.2, 0.25) is 0 Å². The number of para-hydroxylation sites is 1. The van der Waals surface area contributed by atoms with Gasteiger partial charge in [0.15, 0.2) is 6.61 Å². The average molecular weight is 434 g/mol. The van der Waals surface area contributed by atoms with E-state index in [9.17, 15) is 9.59 Å². The lowest BCUT2D eigenvalue weighted by Crippen LogP contribution is -2.48. The van der Waals surface area contributed by atoms with Crippen molar-refractivity contribution in [3.8, 4) is 11.5 Å². The number of carbonyl (C=O) groups excluding carboxylic acids is 2. The molecule has 2 aromatic carbocycles. The van der Waals surface area contributed by atoms with Crippen molar-refractivity contribution >= 4 is 11.8 Å². The first kappa shape index (κ1) is 22.8. The Hall–Kier alpha value is -3.87. The molecule has 3 aromatic rings. The molecule has 0 aliphatic carbocycles. The zero-order chi connectivity index (χ0) is 22.8. The van der Waals surface area contributed by atoms with Gasteiger partial charge in [-0.1, -0.05) is 36.4 Å². The molecule has 0 aliphatic rings. The summed E-state index contributed by atoms with van der Waals surface area (Å²) in [5.74, 6) is 0.782. The minimum Gasteiger partial charge on any atom is -0.497 e. The Balaban J connectivity index is 1.69. The van der Waals surface area contributed by atoms with E-state index >= 15 is 0 Å². The molecule has 1 heterocycles. The summed E-state index contributed by atoms with van der Waals surface area (Å²) in [5, 5.41) is 2.88. The fourth-order valence-corrected chi connectivity index (χ4v) is 3.09. The molecule has 0 unspecified atom stereocenters. The first-order valence-corrected chi connectivity index (χ1v) is 10.3. The lowest BCUT2D eigenvalue weighted by molar-refractivity contribution is -0.142. The molecule has 0 bridgehead atoms. The van der Waals surface area contributed by atoms with Crippen LogP contribution in [0.4, 0.5) is 0 Å². The Bertz CT molecular complexity index is 995. The van der Waals surface area contributed by atoms with Crippen LogP contribution in [0.25, 0.3) is 0 Å². The first-order chi connectivity index (χ1) is 15.6. The number of aromatic nitrogens is 1. The van der Waals surface area contributed by atoms with Crippen LogP contribution in [-0.4, -0.2) is 41.5 Å². The molecule has 0 radical (unpaired) electrons. The van der Waals surface area contributed by atoms with Gasteiger partial charge in [0.2, 0.25) is 5.91 Å². The van der Waals surface area contributed by atoms with Crippen molar-refractivity contribution in [2.45, 2.75) is 26.1 Å². The molecule has 1 N–H and O–H groups in total. The highest BCUT2D eigenvalue weighted by Crippen LogP contribution is 2.16. The van der Waals surface area contributed by atoms with Gasteiger partial charge >= 0.3 is 0 Å². The zero-order valence-electron chi connectivity index (χ0n) is 18.2. The van der Waals surface area contributed by atoms with E-state index in [1.807, 2.05) is 54.6 Å². The quantitative estimate of drug-likeness (QED) is 0.531. The topological polar surface area (TPSA) is 80.8 Å². The molecule has 7 heteroatoms. The van der Waals surface area contributed by atoms with E-state index in [0.29, 0.717) is 12.3 Å². The van der Waals surface area contributed by atoms with Gasteiger partial charge < -0.3 is 19.7 Å². The van der Waals surface area contributed by atoms with Crippen LogP contribution in [-0.2, 0) is 22.7 Å². The van der Waals surface area contributed by atoms with Gasteiger partial charge in [0, 0.05) is 25.5 Å². The first-order valence-electron chi connectivity index (χ1n) is 10.3. The summed E-state index contributed by atoms with van der Waals surface area (Å²) >= 11 is 0. The number of benzene rings is 2. The van der Waals surface area contributed by atoms with Gasteiger partial charge in [-0.25, -0.2) is 0 Å². The van der Waals surface area contributed by atoms with Crippen molar-refractivity contribution in [1.29, 1.82) is 0 Å². The number of amides is 2. The van der Waals surface area contributed by atoms with Crippen molar-refractivity contribution in [3.63, 3.8) is 0 Å². The normalized spacial score (nSPS) is 11.3. The molecule has 7 nitrogen and oxygen atoms in total. The van der Waals surface area contributed by atoms with Crippen molar-refractivity contribution < 1.29 is 19.1 Å². The number of hydrogen-bond donors (Lipinski definition) is 1. The molecule has 166 valence electrons. The Kier molecular flexibility index (Phi) is 8.20. The Labute approximate surface area is 188 Å². The van der Waals surface area contributed by atoms with E-state index in [0.717, 1.165) is 16.9 Å². The minimum atomic E-state index is -0.694. The maximum Gasteiger partial charge on any atom is 0.261 e. The lowest BCUT2D eigenvalue weighted by atomic mass is 10.1. The standard InChI is InChI=1S/C25H27N3O4/c1-19(25(30)27-16-21-7-6-14-26-15-21)28(17-20-10-12-22(31-2)13-11-20)24(29)18-32-23-8-4-3-5-9-23/h3-15,19H,16-18H2,1-2H3,(H,27,30)/t19-/m0/s1. The maximum atomic E-state index is 13.1. The van der Waals surface area contributed by atoms with E-state index in [1.54, 1.807) is 38.6 Å². The number of ether oxygens (including phenoxy) is 2. The second-order valence-corrected chi connectivity index (χ2v) is 7.23. The van der Waals surface area contributed by atoms with E-state index in [1.165, 1.54) is 4.90 Å². The fraction of sp³-hybridized carbons (Fsp3) is 0.240. The summed E-state index contributed by atoms with van der Waals surface area (Å²) in [4.78, 5) is 31.5. The fourth-order valence-electron chi connectivity index (χ4n) is 3.09. The van der Waals surface area contributed by atoms with Crippen molar-refractivity contribution in [2.24, 2.45) is 0 Å². The van der Waals surface area contributed by atoms with E-state index < -0.39 is 6.04 Å². The molecular formula is C25H27N3O4. The van der Waals surface area contributed by atoms with Crippen LogP contribution >= 0.6 is 0 Å². The van der Waals surface area contributed by atoms with E-state index in [-0.39, 0.29) is 25.0 Å². The number of hydrogen-bond acceptors (Lipinski definition) is 5. The molecule has 3 rings (SSSR count). The predicted octanol–water partition coefficient (Wildman–Crippen LogP) is 3.20. The molecule has 1 atom stereocenters. The van der Waals surface area contributed by atoms with E-state index in [2.05, 4.69) is 10.3 Å². The summed E-state index contributed by atoms with van der Waals surface area (Å²) < 4.78 is 10.8. The molecule has 0 fully saturated rings. The van der Waals surface area contributed by atoms with Crippen LogP contribution < -0.4 is 14.8 Å². The zero-order valence-corrected chi connectivity index (χ0v) is 18.2. The van der Waals surface area contributed by atoms with Crippen LogP contribution in [0, 0.1) is 0 Å². The Morgan fingerprint density at radius 1 is 0.969 bits per heavy atom. The van der Waals surface area contributed by atoms with Gasteiger partial charge in [0.25, 0.3) is 5.91 Å². The third-order valence-corrected chi connectivity index (χ3v) is 4.97. The van der Waals surface area contributed by atoms with Gasteiger partial charge in [0.1, 0.15) is 17.5 Å². The highest BCUT2D eigenvalue weighted by atomic mass is 16.5. The third kappa shape index (κ3) is 6.57. The number of methoxy groups -OCH3 is 1. The molecule has 32 heavy (non-hydrogen) atoms. The highest BCUT2D eigenvalue weighted by Gasteiger charge is 2.26. The summed E-state index contributed by atoms with van der Waals surface area (Å²) in [6.45, 7) is 2.15. The predicted molar refractivity (Wildman–Crippen MR) is 121 cm³/mol. The minimum absolute atomic E-state index is 0.166. The summed E-state index contributed by atoms with van der Waals surface area (Å²) in [6.07, 6.45) is 3.37. The Morgan fingerprint density at radius 2 is 1.72 bits per heavy atom. The smallest absolute Gasteiger partial charge is 0.261 e. The summed E-state index contributed by atoms with van der Waals surface area (Å²) in [6, 6.07) is 19.5. The number of rotatable bonds is 10. The molecule has 1 aromatic heterocycles. The number of nitrogens with one attached hydrogen (secondary N) is 1. The monoisotopic (exact) mass is 433 g/mol. The number of nitrogens with zero attached hydrogens (tertiary/aromatic N) is 2. The van der Waals surface area contributed by atoms with Gasteiger partial charge in [-0.2, -0.15) is 0 Å². The van der Waals surface area contributed by atoms with Crippen molar-refractivity contribution in [2.75, 3.05) is 13.7 Å². The second kappa shape index (κ2) is 11.5. The molecule has 0 saturated carbocycles. The molecule has 0 spiro atoms. The number of carbonyl (C=O) groups is 2. The molecular weight excluding hydrogens is 406 g/mol. The largest absolute Gasteiger partial charge is 0.497 e. The van der Waals surface area contributed by atoms with Gasteiger partial charge in [-0.15, -0.1) is 0 Å². The van der Waals surface area contributed by atoms with Gasteiger partial charge in [-0.3, -0.25) is 14.6 Å². The number of pyridine rings is 1. The van der Waals surface area contributed by atoms with E-state index in [4.69, 9.17) is 9.47 Å². The van der Waals surface area contributed by atoms with Crippen LogP contribution in [0.3, 0.4) is 0 Å². The van der Waals surface area contributed by atoms with Crippen molar-refractivity contribution in [3.05, 3.63) is 90.3 Å². The highest BCUT2D eigenvalue weighted by molar-refractivity contribution is 5.87. The van der Waals surface area contributed by atoms with Gasteiger partial charge in [0.05, 0.1) is 7.11 Å². The average Bonchev–Trinajstić information content (AvgIpc) is 2.85. The molecule has 2 amide bonds. The third-order valence-electron chi connectivity index (χ3n) is 4.97. The van der Waals surface area contributed by atoms with Crippen molar-refractivity contribution in [1.82, 2.24) is 15.2 Å². The van der Waals surface area contributed by atoms with Crippen LogP contribution in [0.15, 0.2) is 79.1 Å². The summed E-state index contributed by atoms with van der Waals surface area (Å²) in [5.41, 5.74) is 1.76. The lowest BCUT2D eigenvalue weighted by Gasteiger charge is -2.28. The second-order valence-electron chi connectivity index (χ2n) is 7.23. The maximum absolute atomic E-state index is 13.1. The van der Waals surface area contributed by atoms with Gasteiger partial charge in [-0.05, 0) is 48.4 Å². The van der Waals surface area contributed by atoms with Crippen LogP contribution in [0.5, 0.6) is 11.5 Å². The Morgan fingerprint density at radius 3 is 2.38 bits per heavy atom.